The molecule has 1 aromatic carbocycles. The topological polar surface area (TPSA) is 104 Å². The third-order valence-electron chi connectivity index (χ3n) is 4.82. The first-order chi connectivity index (χ1) is 13.5. The summed E-state index contributed by atoms with van der Waals surface area (Å²) in [4.78, 5) is 17.4. The maximum Gasteiger partial charge on any atom is 0.292 e. The first-order valence-corrected chi connectivity index (χ1v) is 9.76. The van der Waals surface area contributed by atoms with Crippen molar-refractivity contribution in [3.05, 3.63) is 34.4 Å². The van der Waals surface area contributed by atoms with Gasteiger partial charge in [0.25, 0.3) is 5.69 Å². The third kappa shape index (κ3) is 8.31. The first-order valence-electron chi connectivity index (χ1n) is 9.76. The largest absolute Gasteiger partial charge is 0.379 e. The number of nitrogens with zero attached hydrogens (tertiary/aromatic N) is 3. The van der Waals surface area contributed by atoms with Crippen LogP contribution in [0.5, 0.6) is 0 Å². The van der Waals surface area contributed by atoms with Crippen molar-refractivity contribution in [3.63, 3.8) is 0 Å². The fraction of sp³-hybridized carbons (Fsp3) is 0.632. The molecule has 1 heterocycles. The molecular weight excluding hydrogens is 487 g/mol. The molecule has 3 N–H and O–H groups in total. The van der Waals surface area contributed by atoms with Gasteiger partial charge in [-0.1, -0.05) is 26.0 Å². The van der Waals surface area contributed by atoms with E-state index in [-0.39, 0.29) is 34.6 Å². The molecule has 0 amide bonds. The van der Waals surface area contributed by atoms with Crippen molar-refractivity contribution in [2.45, 2.75) is 19.9 Å². The van der Waals surface area contributed by atoms with Gasteiger partial charge < -0.3 is 20.7 Å². The van der Waals surface area contributed by atoms with Crippen LogP contribution in [0.25, 0.3) is 0 Å². The van der Waals surface area contributed by atoms with E-state index in [4.69, 9.17) is 4.74 Å². The number of hydrogen-bond acceptors (Lipinski definition) is 6. The van der Waals surface area contributed by atoms with E-state index in [0.29, 0.717) is 30.7 Å². The van der Waals surface area contributed by atoms with E-state index < -0.39 is 0 Å². The number of para-hydroxylation sites is 2. The average Bonchev–Trinajstić information content (AvgIpc) is 2.70. The van der Waals surface area contributed by atoms with Crippen molar-refractivity contribution in [2.75, 3.05) is 58.3 Å². The average molecular weight is 520 g/mol. The van der Waals surface area contributed by atoms with Gasteiger partial charge in [0.05, 0.1) is 18.1 Å². The Morgan fingerprint density at radius 1 is 1.24 bits per heavy atom. The summed E-state index contributed by atoms with van der Waals surface area (Å²) < 4.78 is 5.45. The number of rotatable bonds is 9. The molecule has 164 valence electrons. The molecule has 1 aromatic rings. The summed E-state index contributed by atoms with van der Waals surface area (Å²) in [5.41, 5.74) is 0.597. The van der Waals surface area contributed by atoms with Crippen LogP contribution in [0.1, 0.15) is 13.8 Å². The zero-order valence-corrected chi connectivity index (χ0v) is 19.7. The lowest BCUT2D eigenvalue weighted by Crippen LogP contribution is -2.52. The van der Waals surface area contributed by atoms with Crippen LogP contribution >= 0.6 is 24.0 Å². The molecule has 0 saturated carbocycles. The van der Waals surface area contributed by atoms with Gasteiger partial charge in [0.1, 0.15) is 5.69 Å². The molecule has 2 rings (SSSR count). The SMILES string of the molecule is CN=C(NCCNc1ccccc1[N+](=O)[O-])NCC(C(C)C)N1CCOCC1.I. The van der Waals surface area contributed by atoms with Crippen molar-refractivity contribution < 1.29 is 9.66 Å². The predicted molar refractivity (Wildman–Crippen MR) is 127 cm³/mol. The highest BCUT2D eigenvalue weighted by molar-refractivity contribution is 14.0. The van der Waals surface area contributed by atoms with E-state index in [2.05, 4.69) is 39.7 Å². The quantitative estimate of drug-likeness (QED) is 0.115. The molecule has 0 aliphatic carbocycles. The van der Waals surface area contributed by atoms with E-state index in [1.54, 1.807) is 25.2 Å². The van der Waals surface area contributed by atoms with Crippen LogP contribution in [-0.2, 0) is 4.74 Å². The summed E-state index contributed by atoms with van der Waals surface area (Å²) in [7, 11) is 1.74. The number of nitro groups is 1. The van der Waals surface area contributed by atoms with Crippen molar-refractivity contribution in [1.82, 2.24) is 15.5 Å². The zero-order chi connectivity index (χ0) is 20.4. The molecule has 1 aliphatic heterocycles. The highest BCUT2D eigenvalue weighted by Crippen LogP contribution is 2.22. The van der Waals surface area contributed by atoms with Crippen LogP contribution in [0.15, 0.2) is 29.3 Å². The van der Waals surface area contributed by atoms with Crippen LogP contribution < -0.4 is 16.0 Å². The Morgan fingerprint density at radius 3 is 2.55 bits per heavy atom. The van der Waals surface area contributed by atoms with Gasteiger partial charge in [0.15, 0.2) is 5.96 Å². The van der Waals surface area contributed by atoms with E-state index in [1.807, 2.05) is 0 Å². The second-order valence-corrected chi connectivity index (χ2v) is 7.04. The summed E-state index contributed by atoms with van der Waals surface area (Å²) in [5, 5.41) is 20.8. The molecule has 0 aromatic heterocycles. The summed E-state index contributed by atoms with van der Waals surface area (Å²) in [6, 6.07) is 7.05. The minimum absolute atomic E-state index is 0. The van der Waals surface area contributed by atoms with E-state index in [9.17, 15) is 10.1 Å². The first kappa shape index (κ1) is 25.4. The number of anilines is 1. The zero-order valence-electron chi connectivity index (χ0n) is 17.4. The predicted octanol–water partition coefficient (Wildman–Crippen LogP) is 2.15. The Balaban J connectivity index is 0.00000420. The van der Waals surface area contributed by atoms with Crippen LogP contribution in [0, 0.1) is 16.0 Å². The molecule has 29 heavy (non-hydrogen) atoms. The van der Waals surface area contributed by atoms with Crippen molar-refractivity contribution in [2.24, 2.45) is 10.9 Å². The standard InChI is InChI=1S/C19H32N6O3.HI/c1-15(2)18(24-10-12-28-13-11-24)14-23-19(20-3)22-9-8-21-16-6-4-5-7-17(16)25(26)27;/h4-7,15,18,21H,8-14H2,1-3H3,(H2,20,22,23);1H. The molecule has 10 heteroatoms. The molecule has 0 radical (unpaired) electrons. The number of nitro benzene ring substituents is 1. The molecule has 9 nitrogen and oxygen atoms in total. The molecular formula is C19H33IN6O3. The fourth-order valence-corrected chi connectivity index (χ4v) is 3.28. The van der Waals surface area contributed by atoms with Gasteiger partial charge in [-0.05, 0) is 12.0 Å². The van der Waals surface area contributed by atoms with Gasteiger partial charge in [-0.2, -0.15) is 0 Å². The van der Waals surface area contributed by atoms with Gasteiger partial charge in [0, 0.05) is 51.9 Å². The van der Waals surface area contributed by atoms with Crippen molar-refractivity contribution in [1.29, 1.82) is 0 Å². The second kappa shape index (κ2) is 13.5. The van der Waals surface area contributed by atoms with Crippen LogP contribution in [0.3, 0.4) is 0 Å². The smallest absolute Gasteiger partial charge is 0.292 e. The summed E-state index contributed by atoms with van der Waals surface area (Å²) in [6.07, 6.45) is 0. The lowest BCUT2D eigenvalue weighted by molar-refractivity contribution is -0.384. The second-order valence-electron chi connectivity index (χ2n) is 7.04. The van der Waals surface area contributed by atoms with E-state index in [1.165, 1.54) is 6.07 Å². The van der Waals surface area contributed by atoms with E-state index in [0.717, 1.165) is 38.8 Å². The maximum absolute atomic E-state index is 11.1. The number of aliphatic imine (C=N–C) groups is 1. The number of nitrogens with one attached hydrogen (secondary N) is 3. The van der Waals surface area contributed by atoms with Gasteiger partial charge in [0.2, 0.25) is 0 Å². The Labute approximate surface area is 189 Å². The Hall–Kier alpha value is -1.66. The Bertz CT molecular complexity index is 653. The lowest BCUT2D eigenvalue weighted by atomic mass is 10.0. The van der Waals surface area contributed by atoms with Crippen molar-refractivity contribution >= 4 is 41.3 Å². The van der Waals surface area contributed by atoms with Gasteiger partial charge in [-0.15, -0.1) is 24.0 Å². The monoisotopic (exact) mass is 520 g/mol. The molecule has 1 saturated heterocycles. The van der Waals surface area contributed by atoms with Gasteiger partial charge in [-0.25, -0.2) is 0 Å². The van der Waals surface area contributed by atoms with Gasteiger partial charge in [-0.3, -0.25) is 20.0 Å². The van der Waals surface area contributed by atoms with E-state index >= 15 is 0 Å². The summed E-state index contributed by atoms with van der Waals surface area (Å²) >= 11 is 0. The number of ether oxygens (including phenoxy) is 1. The number of morpholine rings is 1. The molecule has 1 unspecified atom stereocenters. The number of hydrogen-bond donors (Lipinski definition) is 3. The number of halogens is 1. The molecule has 1 atom stereocenters. The Morgan fingerprint density at radius 2 is 1.93 bits per heavy atom. The highest BCUT2D eigenvalue weighted by atomic mass is 127. The van der Waals surface area contributed by atoms with Crippen molar-refractivity contribution in [3.8, 4) is 0 Å². The van der Waals surface area contributed by atoms with Crippen LogP contribution in [-0.4, -0.2) is 74.8 Å². The minimum atomic E-state index is -0.381. The normalized spacial score (nSPS) is 16.1. The highest BCUT2D eigenvalue weighted by Gasteiger charge is 2.23. The third-order valence-corrected chi connectivity index (χ3v) is 4.82. The number of benzene rings is 1. The Kier molecular flexibility index (Phi) is 11.9. The molecule has 1 fully saturated rings. The summed E-state index contributed by atoms with van der Waals surface area (Å²) in [6.45, 7) is 9.88. The molecule has 0 spiro atoms. The van der Waals surface area contributed by atoms with Crippen LogP contribution in [0.4, 0.5) is 11.4 Å². The lowest BCUT2D eigenvalue weighted by Gasteiger charge is -2.37. The molecule has 0 bridgehead atoms. The maximum atomic E-state index is 11.1. The van der Waals surface area contributed by atoms with Crippen LogP contribution in [0.2, 0.25) is 0 Å². The van der Waals surface area contributed by atoms with Gasteiger partial charge >= 0.3 is 0 Å². The number of guanidine groups is 1. The fourth-order valence-electron chi connectivity index (χ4n) is 3.28. The summed E-state index contributed by atoms with van der Waals surface area (Å²) in [5.74, 6) is 1.24. The minimum Gasteiger partial charge on any atom is -0.379 e. The molecule has 1 aliphatic rings.